The first-order chi connectivity index (χ1) is 15.7. The summed E-state index contributed by atoms with van der Waals surface area (Å²) in [5.74, 6) is -3.16. The molecule has 7 atom stereocenters. The van der Waals surface area contributed by atoms with Crippen molar-refractivity contribution in [1.82, 2.24) is 0 Å². The van der Waals surface area contributed by atoms with Gasteiger partial charge in [0.15, 0.2) is 5.78 Å². The van der Waals surface area contributed by atoms with E-state index in [1.165, 1.54) is 6.92 Å². The Bertz CT molecular complexity index is 1050. The van der Waals surface area contributed by atoms with Crippen LogP contribution in [0.2, 0.25) is 0 Å². The lowest BCUT2D eigenvalue weighted by Gasteiger charge is -2.50. The number of fused-ring (bicyclic) bond motifs is 5. The topological polar surface area (TPSA) is 110 Å². The number of carbonyl (C=O) groups excluding carboxylic acids is 3. The third kappa shape index (κ3) is 3.12. The summed E-state index contributed by atoms with van der Waals surface area (Å²) >= 11 is 0. The molecule has 186 valence electrons. The van der Waals surface area contributed by atoms with Gasteiger partial charge in [-0.05, 0) is 44.3 Å². The van der Waals surface area contributed by atoms with Gasteiger partial charge in [-0.3, -0.25) is 9.59 Å². The predicted molar refractivity (Wildman–Crippen MR) is 124 cm³/mol. The van der Waals surface area contributed by atoms with Crippen molar-refractivity contribution in [3.8, 4) is 0 Å². The maximum atomic E-state index is 13.2. The van der Waals surface area contributed by atoms with Gasteiger partial charge in [-0.25, -0.2) is 4.79 Å². The normalized spacial score (nSPS) is 42.4. The maximum Gasteiger partial charge on any atom is 0.333 e. The highest BCUT2D eigenvalue weighted by Crippen LogP contribution is 2.76. The van der Waals surface area contributed by atoms with Gasteiger partial charge in [0, 0.05) is 42.1 Å². The number of esters is 2. The number of hydrogen-bond acceptors (Lipinski definition) is 7. The van der Waals surface area contributed by atoms with Crippen LogP contribution in [-0.4, -0.2) is 51.3 Å². The Morgan fingerprint density at radius 3 is 2.44 bits per heavy atom. The van der Waals surface area contributed by atoms with Crippen molar-refractivity contribution in [2.75, 3.05) is 6.61 Å². The van der Waals surface area contributed by atoms with E-state index in [1.807, 2.05) is 26.8 Å². The van der Waals surface area contributed by atoms with E-state index in [-0.39, 0.29) is 30.8 Å². The molecule has 0 saturated heterocycles. The Hall–Kier alpha value is -2.25. The maximum absolute atomic E-state index is 13.2. The summed E-state index contributed by atoms with van der Waals surface area (Å²) in [5, 5.41) is 24.1. The van der Waals surface area contributed by atoms with Crippen LogP contribution in [0.3, 0.4) is 0 Å². The third-order valence-electron chi connectivity index (χ3n) is 9.14. The minimum absolute atomic E-state index is 0.0360. The molecule has 0 radical (unpaired) electrons. The average molecular weight is 473 g/mol. The lowest BCUT2D eigenvalue weighted by atomic mass is 9.60. The highest BCUT2D eigenvalue weighted by molar-refractivity contribution is 6.04. The number of ether oxygens (including phenoxy) is 2. The standard InChI is InChI=1S/C27H36O7/c1-8-14(2)23(30)33-13-18-10-19-21-24(6,7)26(21,34-17(5)28)11-16(4)27(19,32)20-9-15(3)22(29)25(20,31)12-18/h8-10,16,19-21,31-32H,11-13H2,1-7H3/t16-,19+,20-,21-,25-,26+,27-/m1/s1. The molecule has 2 saturated carbocycles. The highest BCUT2D eigenvalue weighted by Gasteiger charge is 2.83. The monoisotopic (exact) mass is 472 g/mol. The smallest absolute Gasteiger partial charge is 0.333 e. The molecular formula is C27H36O7. The summed E-state index contributed by atoms with van der Waals surface area (Å²) in [6, 6.07) is 0. The molecule has 4 rings (SSSR count). The molecule has 0 aromatic carbocycles. The zero-order chi connectivity index (χ0) is 25.4. The van der Waals surface area contributed by atoms with Crippen molar-refractivity contribution in [2.24, 2.45) is 29.1 Å². The van der Waals surface area contributed by atoms with Crippen molar-refractivity contribution in [3.05, 3.63) is 34.9 Å². The molecule has 2 N–H and O–H groups in total. The highest BCUT2D eigenvalue weighted by atomic mass is 16.6. The lowest BCUT2D eigenvalue weighted by molar-refractivity contribution is -0.186. The summed E-state index contributed by atoms with van der Waals surface area (Å²) in [5.41, 5.74) is -2.95. The van der Waals surface area contributed by atoms with Gasteiger partial charge in [-0.2, -0.15) is 0 Å². The summed E-state index contributed by atoms with van der Waals surface area (Å²) in [7, 11) is 0. The Morgan fingerprint density at radius 2 is 1.85 bits per heavy atom. The van der Waals surface area contributed by atoms with Crippen LogP contribution >= 0.6 is 0 Å². The quantitative estimate of drug-likeness (QED) is 0.368. The molecular weight excluding hydrogens is 436 g/mol. The van der Waals surface area contributed by atoms with Crippen LogP contribution in [0.5, 0.6) is 0 Å². The van der Waals surface area contributed by atoms with E-state index in [2.05, 4.69) is 0 Å². The SMILES string of the molecule is CC=C(C)C(=O)OCC1=C[C@H]2[C@@H]3C(C)(C)[C@]3(OC(C)=O)C[C@@H](C)[C@]2(O)[C@@H]2C=C(C)C(=O)[C@@]2(O)C1. The number of allylic oxidation sites excluding steroid dienone is 1. The minimum Gasteiger partial charge on any atom is -0.458 e. The number of carbonyl (C=O) groups is 3. The average Bonchev–Trinajstić information content (AvgIpc) is 3.15. The van der Waals surface area contributed by atoms with Crippen molar-refractivity contribution < 1.29 is 34.1 Å². The van der Waals surface area contributed by atoms with E-state index in [1.54, 1.807) is 32.9 Å². The molecule has 0 aliphatic heterocycles. The van der Waals surface area contributed by atoms with Crippen molar-refractivity contribution in [2.45, 2.75) is 78.1 Å². The second-order valence-corrected chi connectivity index (χ2v) is 11.3. The van der Waals surface area contributed by atoms with Gasteiger partial charge < -0.3 is 19.7 Å². The molecule has 0 aromatic heterocycles. The van der Waals surface area contributed by atoms with Crippen molar-refractivity contribution in [1.29, 1.82) is 0 Å². The van der Waals surface area contributed by atoms with Crippen LogP contribution in [0.15, 0.2) is 34.9 Å². The number of aliphatic hydroxyl groups is 2. The molecule has 4 aliphatic rings. The summed E-state index contributed by atoms with van der Waals surface area (Å²) in [4.78, 5) is 37.5. The number of ketones is 1. The van der Waals surface area contributed by atoms with E-state index in [0.717, 1.165) is 0 Å². The van der Waals surface area contributed by atoms with Gasteiger partial charge >= 0.3 is 11.9 Å². The summed E-state index contributed by atoms with van der Waals surface area (Å²) in [6.45, 7) is 12.3. The summed E-state index contributed by atoms with van der Waals surface area (Å²) < 4.78 is 11.4. The fourth-order valence-corrected chi connectivity index (χ4v) is 7.23. The van der Waals surface area contributed by atoms with Crippen molar-refractivity contribution in [3.63, 3.8) is 0 Å². The predicted octanol–water partition coefficient (Wildman–Crippen LogP) is 3.05. The Labute approximate surface area is 200 Å². The van der Waals surface area contributed by atoms with Gasteiger partial charge in [0.05, 0.1) is 5.60 Å². The second-order valence-electron chi connectivity index (χ2n) is 11.3. The zero-order valence-electron chi connectivity index (χ0n) is 21.1. The molecule has 0 amide bonds. The third-order valence-corrected chi connectivity index (χ3v) is 9.14. The molecule has 0 bridgehead atoms. The van der Waals surface area contributed by atoms with Crippen LogP contribution in [0.25, 0.3) is 0 Å². The van der Waals surface area contributed by atoms with Gasteiger partial charge in [0.25, 0.3) is 0 Å². The minimum atomic E-state index is -1.82. The van der Waals surface area contributed by atoms with E-state index in [0.29, 0.717) is 23.1 Å². The van der Waals surface area contributed by atoms with Crippen LogP contribution in [-0.2, 0) is 23.9 Å². The molecule has 4 aliphatic carbocycles. The van der Waals surface area contributed by atoms with Gasteiger partial charge in [0.1, 0.15) is 17.8 Å². The molecule has 7 nitrogen and oxygen atoms in total. The molecule has 34 heavy (non-hydrogen) atoms. The lowest BCUT2D eigenvalue weighted by Crippen LogP contribution is -2.61. The first kappa shape index (κ1) is 24.9. The number of rotatable bonds is 4. The van der Waals surface area contributed by atoms with Gasteiger partial charge in [0.2, 0.25) is 0 Å². The second kappa shape index (κ2) is 7.62. The summed E-state index contributed by atoms with van der Waals surface area (Å²) in [6.07, 6.45) is 5.63. The van der Waals surface area contributed by atoms with E-state index >= 15 is 0 Å². The molecule has 7 heteroatoms. The first-order valence-electron chi connectivity index (χ1n) is 12.0. The fourth-order valence-electron chi connectivity index (χ4n) is 7.23. The van der Waals surface area contributed by atoms with Crippen LogP contribution < -0.4 is 0 Å². The van der Waals surface area contributed by atoms with Crippen LogP contribution in [0.1, 0.15) is 61.3 Å². The largest absolute Gasteiger partial charge is 0.458 e. The number of Topliss-reactive ketones (excluding diaryl/α,β-unsaturated/α-hetero) is 1. The van der Waals surface area contributed by atoms with E-state index < -0.39 is 45.8 Å². The van der Waals surface area contributed by atoms with Crippen LogP contribution in [0, 0.1) is 29.1 Å². The fraction of sp³-hybridized carbons (Fsp3) is 0.667. The van der Waals surface area contributed by atoms with Crippen molar-refractivity contribution >= 4 is 17.7 Å². The van der Waals surface area contributed by atoms with E-state index in [4.69, 9.17) is 9.47 Å². The molecule has 0 heterocycles. The Balaban J connectivity index is 1.82. The van der Waals surface area contributed by atoms with Gasteiger partial charge in [-0.1, -0.05) is 39.0 Å². The zero-order valence-corrected chi connectivity index (χ0v) is 21.1. The van der Waals surface area contributed by atoms with Gasteiger partial charge in [-0.15, -0.1) is 0 Å². The number of hydrogen-bond donors (Lipinski definition) is 2. The Kier molecular flexibility index (Phi) is 5.57. The first-order valence-corrected chi connectivity index (χ1v) is 12.0. The molecule has 0 spiro atoms. The molecule has 0 aromatic rings. The molecule has 2 fully saturated rings. The van der Waals surface area contributed by atoms with Crippen LogP contribution in [0.4, 0.5) is 0 Å². The van der Waals surface area contributed by atoms with E-state index in [9.17, 15) is 24.6 Å². The molecule has 0 unspecified atom stereocenters. The Morgan fingerprint density at radius 1 is 1.21 bits per heavy atom.